The topological polar surface area (TPSA) is 66.2 Å². The lowest BCUT2D eigenvalue weighted by Gasteiger charge is -2.33. The smallest absolute Gasteiger partial charge is 0.343 e. The first-order valence-corrected chi connectivity index (χ1v) is 11.2. The van der Waals surface area contributed by atoms with Crippen molar-refractivity contribution in [3.8, 4) is 5.75 Å². The van der Waals surface area contributed by atoms with Gasteiger partial charge in [-0.15, -0.1) is 0 Å². The quantitative estimate of drug-likeness (QED) is 0.666. The van der Waals surface area contributed by atoms with Crippen LogP contribution in [0.1, 0.15) is 33.9 Å². The van der Waals surface area contributed by atoms with E-state index in [1.165, 1.54) is 17.4 Å². The molecule has 1 atom stereocenters. The van der Waals surface area contributed by atoms with Crippen LogP contribution >= 0.6 is 0 Å². The highest BCUT2D eigenvalue weighted by molar-refractivity contribution is 5.37. The molecular weight excluding hydrogens is 404 g/mol. The number of morpholine rings is 1. The Morgan fingerprint density at radius 1 is 0.938 bits per heavy atom. The van der Waals surface area contributed by atoms with E-state index in [9.17, 15) is 9.90 Å². The van der Waals surface area contributed by atoms with Crippen LogP contribution in [0.15, 0.2) is 70.1 Å². The molecule has 0 amide bonds. The molecule has 3 heterocycles. The van der Waals surface area contributed by atoms with Gasteiger partial charge in [0, 0.05) is 44.8 Å². The minimum atomic E-state index is -0.474. The Bertz CT molecular complexity index is 1130. The van der Waals surface area contributed by atoms with Gasteiger partial charge in [-0.05, 0) is 23.1 Å². The van der Waals surface area contributed by atoms with Crippen LogP contribution in [0.25, 0.3) is 0 Å². The van der Waals surface area contributed by atoms with E-state index in [2.05, 4.69) is 46.2 Å². The van der Waals surface area contributed by atoms with E-state index in [0.717, 1.165) is 25.1 Å². The van der Waals surface area contributed by atoms with Crippen LogP contribution in [0, 0.1) is 0 Å². The van der Waals surface area contributed by atoms with Crippen LogP contribution in [0.4, 0.5) is 0 Å². The first kappa shape index (κ1) is 20.9. The van der Waals surface area contributed by atoms with Gasteiger partial charge >= 0.3 is 5.63 Å². The summed E-state index contributed by atoms with van der Waals surface area (Å²) in [6.45, 7) is 4.58. The second-order valence-corrected chi connectivity index (χ2v) is 8.61. The van der Waals surface area contributed by atoms with Crippen LogP contribution in [0.3, 0.4) is 0 Å². The molecule has 1 aromatic heterocycles. The summed E-state index contributed by atoms with van der Waals surface area (Å²) in [5, 5.41) is 11.0. The summed E-state index contributed by atoms with van der Waals surface area (Å²) in [5.74, 6) is 0.0582. The molecule has 2 aromatic carbocycles. The van der Waals surface area contributed by atoms with Crippen LogP contribution < -0.4 is 5.63 Å². The van der Waals surface area contributed by atoms with Crippen molar-refractivity contribution in [1.82, 2.24) is 9.80 Å². The summed E-state index contributed by atoms with van der Waals surface area (Å²) in [6.07, 6.45) is 2.35. The monoisotopic (exact) mass is 432 g/mol. The standard InChI is InChI=1S/C26H28N2O4/c29-25-22(15-27-11-10-19-6-4-5-9-21(19)14-27)18-32-26(30)23(25)16-28-12-13-31-24(17-28)20-7-2-1-3-8-20/h1-9,18,24,29H,10-17H2. The van der Waals surface area contributed by atoms with Gasteiger partial charge in [0.05, 0.1) is 18.3 Å². The summed E-state index contributed by atoms with van der Waals surface area (Å²) in [6, 6.07) is 18.6. The number of fused-ring (bicyclic) bond motifs is 1. The Balaban J connectivity index is 1.30. The fourth-order valence-electron chi connectivity index (χ4n) is 4.66. The second kappa shape index (κ2) is 9.28. The van der Waals surface area contributed by atoms with Gasteiger partial charge in [0.25, 0.3) is 0 Å². The van der Waals surface area contributed by atoms with Crippen molar-refractivity contribution < 1.29 is 14.3 Å². The van der Waals surface area contributed by atoms with Crippen molar-refractivity contribution in [3.05, 3.63) is 99.1 Å². The average Bonchev–Trinajstić information content (AvgIpc) is 2.84. The van der Waals surface area contributed by atoms with Gasteiger partial charge in [-0.2, -0.15) is 0 Å². The van der Waals surface area contributed by atoms with Crippen molar-refractivity contribution in [2.24, 2.45) is 0 Å². The van der Waals surface area contributed by atoms with E-state index in [1.807, 2.05) is 18.2 Å². The summed E-state index contributed by atoms with van der Waals surface area (Å²) in [5.41, 5.74) is 4.33. The predicted octanol–water partition coefficient (Wildman–Crippen LogP) is 3.48. The maximum absolute atomic E-state index is 12.5. The van der Waals surface area contributed by atoms with E-state index in [0.29, 0.717) is 43.9 Å². The number of hydrogen-bond acceptors (Lipinski definition) is 6. The SMILES string of the molecule is O=c1occ(CN2CCc3ccccc3C2)c(O)c1CN1CCOC(c2ccccc2)C1. The molecule has 1 saturated heterocycles. The molecule has 1 N–H and O–H groups in total. The molecule has 0 saturated carbocycles. The molecule has 166 valence electrons. The van der Waals surface area contributed by atoms with Gasteiger partial charge in [-0.1, -0.05) is 54.6 Å². The maximum atomic E-state index is 12.5. The summed E-state index contributed by atoms with van der Waals surface area (Å²) in [4.78, 5) is 16.9. The zero-order chi connectivity index (χ0) is 21.9. The number of benzene rings is 2. The molecule has 6 nitrogen and oxygen atoms in total. The van der Waals surface area contributed by atoms with E-state index < -0.39 is 5.63 Å². The second-order valence-electron chi connectivity index (χ2n) is 8.61. The Morgan fingerprint density at radius 2 is 1.72 bits per heavy atom. The molecule has 32 heavy (non-hydrogen) atoms. The largest absolute Gasteiger partial charge is 0.507 e. The highest BCUT2D eigenvalue weighted by Gasteiger charge is 2.25. The van der Waals surface area contributed by atoms with Crippen LogP contribution in [0.5, 0.6) is 5.75 Å². The van der Waals surface area contributed by atoms with E-state index in [-0.39, 0.29) is 11.9 Å². The molecular formula is C26H28N2O4. The van der Waals surface area contributed by atoms with Crippen LogP contribution in [-0.2, 0) is 30.8 Å². The molecule has 3 aromatic rings. The van der Waals surface area contributed by atoms with Gasteiger partial charge < -0.3 is 14.3 Å². The third-order valence-corrected chi connectivity index (χ3v) is 6.45. The first-order valence-electron chi connectivity index (χ1n) is 11.2. The van der Waals surface area contributed by atoms with Crippen LogP contribution in [0.2, 0.25) is 0 Å². The van der Waals surface area contributed by atoms with Crippen molar-refractivity contribution in [2.75, 3.05) is 26.2 Å². The lowest BCUT2D eigenvalue weighted by molar-refractivity contribution is -0.0334. The van der Waals surface area contributed by atoms with E-state index in [4.69, 9.17) is 9.15 Å². The van der Waals surface area contributed by atoms with Gasteiger partial charge in [-0.3, -0.25) is 9.80 Å². The molecule has 0 aliphatic carbocycles. The number of hydrogen-bond donors (Lipinski definition) is 1. The molecule has 2 aliphatic heterocycles. The van der Waals surface area contributed by atoms with Crippen molar-refractivity contribution in [2.45, 2.75) is 32.2 Å². The summed E-state index contributed by atoms with van der Waals surface area (Å²) < 4.78 is 11.3. The van der Waals surface area contributed by atoms with Gasteiger partial charge in [0.2, 0.25) is 0 Å². The molecule has 1 unspecified atom stereocenters. The highest BCUT2D eigenvalue weighted by atomic mass is 16.5. The van der Waals surface area contributed by atoms with Crippen molar-refractivity contribution in [1.29, 1.82) is 0 Å². The first-order chi connectivity index (χ1) is 15.7. The minimum Gasteiger partial charge on any atom is -0.507 e. The zero-order valence-corrected chi connectivity index (χ0v) is 18.1. The predicted molar refractivity (Wildman–Crippen MR) is 121 cm³/mol. The van der Waals surface area contributed by atoms with Crippen molar-refractivity contribution >= 4 is 0 Å². The molecule has 0 spiro atoms. The Hall–Kier alpha value is -2.93. The average molecular weight is 433 g/mol. The van der Waals surface area contributed by atoms with Gasteiger partial charge in [0.1, 0.15) is 12.0 Å². The Kier molecular flexibility index (Phi) is 6.08. The minimum absolute atomic E-state index is 0.0456. The third-order valence-electron chi connectivity index (χ3n) is 6.45. The molecule has 5 rings (SSSR count). The molecule has 1 fully saturated rings. The molecule has 2 aliphatic rings. The third kappa shape index (κ3) is 4.48. The summed E-state index contributed by atoms with van der Waals surface area (Å²) in [7, 11) is 0. The molecule has 0 bridgehead atoms. The van der Waals surface area contributed by atoms with E-state index >= 15 is 0 Å². The van der Waals surface area contributed by atoms with E-state index in [1.54, 1.807) is 0 Å². The maximum Gasteiger partial charge on any atom is 0.343 e. The lowest BCUT2D eigenvalue weighted by Crippen LogP contribution is -2.38. The van der Waals surface area contributed by atoms with Gasteiger partial charge in [-0.25, -0.2) is 4.79 Å². The zero-order valence-electron chi connectivity index (χ0n) is 18.1. The summed E-state index contributed by atoms with van der Waals surface area (Å²) >= 11 is 0. The van der Waals surface area contributed by atoms with Crippen molar-refractivity contribution in [3.63, 3.8) is 0 Å². The number of ether oxygens (including phenoxy) is 1. The Labute approximate surface area is 187 Å². The normalized spacial score (nSPS) is 19.6. The van der Waals surface area contributed by atoms with Gasteiger partial charge in [0.15, 0.2) is 0 Å². The highest BCUT2D eigenvalue weighted by Crippen LogP contribution is 2.28. The lowest BCUT2D eigenvalue weighted by atomic mass is 9.99. The number of nitrogens with zero attached hydrogens (tertiary/aromatic N) is 2. The fourth-order valence-corrected chi connectivity index (χ4v) is 4.66. The Morgan fingerprint density at radius 3 is 2.56 bits per heavy atom. The molecule has 0 radical (unpaired) electrons. The van der Waals surface area contributed by atoms with Crippen LogP contribution in [-0.4, -0.2) is 41.1 Å². The number of rotatable bonds is 5. The molecule has 6 heteroatoms. The fraction of sp³-hybridized carbons (Fsp3) is 0.346. The number of aromatic hydroxyl groups is 1.